The van der Waals surface area contributed by atoms with Crippen molar-refractivity contribution in [1.29, 1.82) is 0 Å². The number of nitrogens with one attached hydrogen (secondary N) is 1. The molecule has 2 aliphatic rings. The predicted octanol–water partition coefficient (Wildman–Crippen LogP) is 6.42. The van der Waals surface area contributed by atoms with Crippen molar-refractivity contribution in [3.63, 3.8) is 0 Å². The van der Waals surface area contributed by atoms with Crippen molar-refractivity contribution < 1.29 is 4.74 Å². The van der Waals surface area contributed by atoms with E-state index in [2.05, 4.69) is 96.0 Å². The van der Waals surface area contributed by atoms with E-state index in [1.165, 1.54) is 22.4 Å². The molecule has 0 radical (unpaired) electrons. The summed E-state index contributed by atoms with van der Waals surface area (Å²) in [5.41, 5.74) is 9.00. The zero-order valence-electron chi connectivity index (χ0n) is 24.6. The van der Waals surface area contributed by atoms with E-state index in [-0.39, 0.29) is 0 Å². The molecule has 6 rings (SSSR count). The quantitative estimate of drug-likeness (QED) is 0.306. The lowest BCUT2D eigenvalue weighted by Crippen LogP contribution is -2.48. The second-order valence-electron chi connectivity index (χ2n) is 11.8. The average molecular weight is 539 g/mol. The minimum atomic E-state index is 0.414. The highest BCUT2D eigenvalue weighted by atomic mass is 16.5. The van der Waals surface area contributed by atoms with Crippen LogP contribution in [0.5, 0.6) is 0 Å². The molecule has 0 amide bonds. The molecule has 40 heavy (non-hydrogen) atoms. The maximum Gasteiger partial charge on any atom is 0.130 e. The molecule has 1 N–H and O–H groups in total. The molecule has 2 saturated heterocycles. The van der Waals surface area contributed by atoms with Crippen molar-refractivity contribution in [2.45, 2.75) is 52.5 Å². The summed E-state index contributed by atoms with van der Waals surface area (Å²) in [6.45, 7) is 14.7. The van der Waals surface area contributed by atoms with Crippen LogP contribution in [0.1, 0.15) is 49.7 Å². The summed E-state index contributed by atoms with van der Waals surface area (Å²) in [5.74, 6) is 2.41. The van der Waals surface area contributed by atoms with Crippen LogP contribution in [0.3, 0.4) is 0 Å². The molecule has 0 bridgehead atoms. The number of benzene rings is 2. The molecule has 0 unspecified atom stereocenters. The first-order valence-corrected chi connectivity index (χ1v) is 14.8. The topological polar surface area (TPSA) is 58.5 Å². The van der Waals surface area contributed by atoms with Gasteiger partial charge in [0.2, 0.25) is 0 Å². The fourth-order valence-electron chi connectivity index (χ4n) is 6.29. The highest BCUT2D eigenvalue weighted by Crippen LogP contribution is 2.36. The Morgan fingerprint density at radius 1 is 0.875 bits per heavy atom. The second kappa shape index (κ2) is 11.2. The van der Waals surface area contributed by atoms with Gasteiger partial charge < -0.3 is 19.5 Å². The van der Waals surface area contributed by atoms with E-state index < -0.39 is 0 Å². The highest BCUT2D eigenvalue weighted by molar-refractivity contribution is 5.95. The first-order valence-electron chi connectivity index (χ1n) is 14.8. The van der Waals surface area contributed by atoms with Gasteiger partial charge in [-0.2, -0.15) is 0 Å². The third-order valence-corrected chi connectivity index (χ3v) is 8.58. The lowest BCUT2D eigenvalue weighted by Gasteiger charge is -2.38. The number of aromatic nitrogens is 3. The van der Waals surface area contributed by atoms with Crippen molar-refractivity contribution >= 4 is 28.2 Å². The number of piperazine rings is 1. The van der Waals surface area contributed by atoms with Crippen molar-refractivity contribution in [2.75, 3.05) is 49.6 Å². The third kappa shape index (κ3) is 5.45. The lowest BCUT2D eigenvalue weighted by molar-refractivity contribution is 0.0831. The van der Waals surface area contributed by atoms with Gasteiger partial charge in [-0.1, -0.05) is 12.1 Å². The summed E-state index contributed by atoms with van der Waals surface area (Å²) in [4.78, 5) is 15.0. The molecule has 0 spiro atoms. The van der Waals surface area contributed by atoms with Crippen molar-refractivity contribution in [3.8, 4) is 11.1 Å². The Morgan fingerprint density at radius 3 is 2.27 bits per heavy atom. The molecular weight excluding hydrogens is 496 g/mol. The van der Waals surface area contributed by atoms with Crippen LogP contribution >= 0.6 is 0 Å². The van der Waals surface area contributed by atoms with E-state index in [4.69, 9.17) is 14.7 Å². The van der Waals surface area contributed by atoms with Crippen LogP contribution in [0, 0.1) is 13.8 Å². The van der Waals surface area contributed by atoms with E-state index >= 15 is 0 Å². The molecular formula is C33H42N6O. The largest absolute Gasteiger partial charge is 0.381 e. The van der Waals surface area contributed by atoms with Crippen LogP contribution < -0.4 is 10.2 Å². The summed E-state index contributed by atoms with van der Waals surface area (Å²) < 4.78 is 7.93. The zero-order chi connectivity index (χ0) is 27.8. The van der Waals surface area contributed by atoms with Crippen LogP contribution in [0.4, 0.5) is 17.2 Å². The maximum absolute atomic E-state index is 5.64. The monoisotopic (exact) mass is 538 g/mol. The van der Waals surface area contributed by atoms with Gasteiger partial charge in [-0.05, 0) is 93.6 Å². The predicted molar refractivity (Wildman–Crippen MR) is 165 cm³/mol. The van der Waals surface area contributed by atoms with E-state index in [1.807, 2.05) is 6.92 Å². The Balaban J connectivity index is 1.36. The minimum Gasteiger partial charge on any atom is -0.381 e. The van der Waals surface area contributed by atoms with Gasteiger partial charge in [0.05, 0.1) is 11.2 Å². The van der Waals surface area contributed by atoms with Crippen LogP contribution in [0.15, 0.2) is 48.5 Å². The summed E-state index contributed by atoms with van der Waals surface area (Å²) in [5, 5.41) is 3.63. The Kier molecular flexibility index (Phi) is 7.51. The van der Waals surface area contributed by atoms with E-state index in [9.17, 15) is 0 Å². The maximum atomic E-state index is 5.64. The molecule has 0 aliphatic carbocycles. The van der Waals surface area contributed by atoms with E-state index in [0.717, 1.165) is 86.3 Å². The Hall–Kier alpha value is -3.42. The van der Waals surface area contributed by atoms with E-state index in [0.29, 0.717) is 12.0 Å². The fraction of sp³-hybridized carbons (Fsp3) is 0.455. The number of ether oxygens (including phenoxy) is 1. The number of hydrogen-bond acceptors (Lipinski definition) is 6. The van der Waals surface area contributed by atoms with Crippen LogP contribution in [0.2, 0.25) is 0 Å². The van der Waals surface area contributed by atoms with Gasteiger partial charge in [0, 0.05) is 69.8 Å². The van der Waals surface area contributed by atoms with Crippen LogP contribution in [-0.2, 0) is 11.8 Å². The Bertz CT molecular complexity index is 1460. The smallest absolute Gasteiger partial charge is 0.130 e. The number of imidazole rings is 1. The Labute approximate surface area is 238 Å². The van der Waals surface area contributed by atoms with Gasteiger partial charge >= 0.3 is 0 Å². The molecule has 2 fully saturated rings. The molecule has 2 aromatic carbocycles. The number of anilines is 3. The normalized spacial score (nSPS) is 17.2. The molecule has 2 aliphatic heterocycles. The van der Waals surface area contributed by atoms with Crippen molar-refractivity contribution in [1.82, 2.24) is 19.4 Å². The molecule has 0 atom stereocenters. The molecule has 2 aromatic heterocycles. The number of hydrogen-bond donors (Lipinski definition) is 1. The average Bonchev–Trinajstić information content (AvgIpc) is 3.29. The summed E-state index contributed by atoms with van der Waals surface area (Å²) in [6.07, 6.45) is 2.02. The number of aryl methyl sites for hydroxylation is 3. The minimum absolute atomic E-state index is 0.414. The Morgan fingerprint density at radius 2 is 1.60 bits per heavy atom. The molecule has 0 saturated carbocycles. The van der Waals surface area contributed by atoms with Crippen LogP contribution in [-0.4, -0.2) is 64.9 Å². The van der Waals surface area contributed by atoms with Gasteiger partial charge in [-0.15, -0.1) is 0 Å². The summed E-state index contributed by atoms with van der Waals surface area (Å²) in [6, 6.07) is 18.4. The van der Waals surface area contributed by atoms with Crippen molar-refractivity contribution in [3.05, 3.63) is 65.6 Å². The third-order valence-electron chi connectivity index (χ3n) is 8.58. The molecule has 4 aromatic rings. The highest BCUT2D eigenvalue weighted by Gasteiger charge is 2.24. The van der Waals surface area contributed by atoms with E-state index in [1.54, 1.807) is 0 Å². The molecule has 7 nitrogen and oxygen atoms in total. The SMILES string of the molecule is Cc1cc(C)nc(Nc2cc(-c3ccc(N4CCN(C(C)C)CC4)cc3)cc3c2nc(C2CCOCC2)n3C)c1. The lowest BCUT2D eigenvalue weighted by atomic mass is 9.99. The molecule has 4 heterocycles. The number of nitrogens with zero attached hydrogens (tertiary/aromatic N) is 5. The van der Waals surface area contributed by atoms with Gasteiger partial charge in [-0.25, -0.2) is 9.97 Å². The van der Waals surface area contributed by atoms with Gasteiger partial charge in [0.1, 0.15) is 17.2 Å². The molecule has 210 valence electrons. The standard InChI is InChI=1S/C33H42N6O/c1-22(2)38-12-14-39(15-13-38)28-8-6-25(7-9-28)27-20-29(35-31-19-23(3)18-24(4)34-31)32-30(21-27)37(5)33(36-32)26-10-16-40-17-11-26/h6-9,18-22,26H,10-17H2,1-5H3,(H,34,35). The second-order valence-corrected chi connectivity index (χ2v) is 11.8. The number of rotatable bonds is 6. The van der Waals surface area contributed by atoms with Crippen LogP contribution in [0.25, 0.3) is 22.2 Å². The number of pyridine rings is 1. The summed E-state index contributed by atoms with van der Waals surface area (Å²) >= 11 is 0. The van der Waals surface area contributed by atoms with Gasteiger partial charge in [-0.3, -0.25) is 4.90 Å². The fourth-order valence-corrected chi connectivity index (χ4v) is 6.29. The summed E-state index contributed by atoms with van der Waals surface area (Å²) in [7, 11) is 2.16. The van der Waals surface area contributed by atoms with Crippen molar-refractivity contribution in [2.24, 2.45) is 7.05 Å². The first-order chi connectivity index (χ1) is 19.4. The first kappa shape index (κ1) is 26.8. The van der Waals surface area contributed by atoms with Gasteiger partial charge in [0.15, 0.2) is 0 Å². The molecule has 7 heteroatoms. The zero-order valence-corrected chi connectivity index (χ0v) is 24.6. The van der Waals surface area contributed by atoms with Gasteiger partial charge in [0.25, 0.3) is 0 Å². The number of fused-ring (bicyclic) bond motifs is 1.